The number of hydrogen-bond donors (Lipinski definition) is 0. The first-order chi connectivity index (χ1) is 16.3. The van der Waals surface area contributed by atoms with E-state index in [9.17, 15) is 23.3 Å². The molecule has 0 amide bonds. The first kappa shape index (κ1) is 25.7. The number of alkyl halides is 3. The third kappa shape index (κ3) is 7.06. The number of non-ortho nitro benzene ring substituents is 1. The predicted octanol–water partition coefficient (Wildman–Crippen LogP) is 7.37. The SMILES string of the molecule is CCCCCCCCSc1nnc(-c2cc([N+](=O)[O-])cc(C(F)(F)F)c2)n1Cc1ccccc1. The lowest BCUT2D eigenvalue weighted by Crippen LogP contribution is -2.08. The number of benzene rings is 2. The minimum atomic E-state index is -4.72. The van der Waals surface area contributed by atoms with Crippen LogP contribution in [0.2, 0.25) is 0 Å². The minimum Gasteiger partial charge on any atom is -0.298 e. The van der Waals surface area contributed by atoms with Crippen molar-refractivity contribution in [2.45, 2.75) is 63.3 Å². The highest BCUT2D eigenvalue weighted by molar-refractivity contribution is 7.99. The molecule has 2 aromatic carbocycles. The highest BCUT2D eigenvalue weighted by atomic mass is 32.2. The molecule has 3 rings (SSSR count). The fourth-order valence-corrected chi connectivity index (χ4v) is 4.51. The molecule has 0 spiro atoms. The first-order valence-electron chi connectivity index (χ1n) is 11.3. The lowest BCUT2D eigenvalue weighted by Gasteiger charge is -2.12. The molecule has 1 aromatic heterocycles. The van der Waals surface area contributed by atoms with Crippen molar-refractivity contribution in [3.8, 4) is 11.4 Å². The van der Waals surface area contributed by atoms with Gasteiger partial charge in [-0.25, -0.2) is 0 Å². The molecule has 0 aliphatic carbocycles. The van der Waals surface area contributed by atoms with Crippen molar-refractivity contribution in [2.75, 3.05) is 5.75 Å². The summed E-state index contributed by atoms with van der Waals surface area (Å²) in [5.41, 5.74) is -0.796. The summed E-state index contributed by atoms with van der Waals surface area (Å²) in [7, 11) is 0. The Kier molecular flexibility index (Phi) is 9.09. The molecule has 0 bridgehead atoms. The zero-order chi connectivity index (χ0) is 24.6. The largest absolute Gasteiger partial charge is 0.416 e. The fourth-order valence-electron chi connectivity index (χ4n) is 3.57. The van der Waals surface area contributed by atoms with E-state index in [0.717, 1.165) is 36.3 Å². The van der Waals surface area contributed by atoms with E-state index in [-0.39, 0.29) is 11.4 Å². The van der Waals surface area contributed by atoms with E-state index in [2.05, 4.69) is 17.1 Å². The summed E-state index contributed by atoms with van der Waals surface area (Å²) in [5.74, 6) is 0.977. The van der Waals surface area contributed by atoms with Crippen molar-refractivity contribution < 1.29 is 18.1 Å². The summed E-state index contributed by atoms with van der Waals surface area (Å²) >= 11 is 1.50. The normalized spacial score (nSPS) is 11.6. The molecule has 0 saturated carbocycles. The van der Waals surface area contributed by atoms with E-state index < -0.39 is 22.4 Å². The maximum atomic E-state index is 13.4. The Morgan fingerprint density at radius 1 is 1.00 bits per heavy atom. The second kappa shape index (κ2) is 12.0. The first-order valence-corrected chi connectivity index (χ1v) is 12.2. The Hall–Kier alpha value is -2.88. The van der Waals surface area contributed by atoms with E-state index in [4.69, 9.17) is 0 Å². The van der Waals surface area contributed by atoms with Gasteiger partial charge in [0.25, 0.3) is 5.69 Å². The number of halogens is 3. The number of rotatable bonds is 12. The third-order valence-corrected chi connectivity index (χ3v) is 6.40. The van der Waals surface area contributed by atoms with E-state index >= 15 is 0 Å². The smallest absolute Gasteiger partial charge is 0.298 e. The average Bonchev–Trinajstić information content (AvgIpc) is 3.20. The van der Waals surface area contributed by atoms with Crippen LogP contribution in [0.1, 0.15) is 56.6 Å². The van der Waals surface area contributed by atoms with Crippen LogP contribution >= 0.6 is 11.8 Å². The van der Waals surface area contributed by atoms with Gasteiger partial charge < -0.3 is 0 Å². The van der Waals surface area contributed by atoms with E-state index in [1.165, 1.54) is 37.4 Å². The standard InChI is InChI=1S/C24H27F3N4O2S/c1-2-3-4-5-6-10-13-34-23-29-28-22(30(23)17-18-11-8-7-9-12-18)19-14-20(24(25,26)27)16-21(15-19)31(32)33/h7-9,11-12,14-16H,2-6,10,13,17H2,1H3. The summed E-state index contributed by atoms with van der Waals surface area (Å²) in [5, 5.41) is 20.3. The van der Waals surface area contributed by atoms with E-state index in [0.29, 0.717) is 17.8 Å². The van der Waals surface area contributed by atoms with Gasteiger partial charge in [0, 0.05) is 23.4 Å². The molecule has 34 heavy (non-hydrogen) atoms. The van der Waals surface area contributed by atoms with Crippen molar-refractivity contribution in [2.24, 2.45) is 0 Å². The number of hydrogen-bond acceptors (Lipinski definition) is 5. The molecule has 0 aliphatic heterocycles. The Balaban J connectivity index is 1.91. The molecule has 0 aliphatic rings. The van der Waals surface area contributed by atoms with Crippen molar-refractivity contribution in [1.29, 1.82) is 0 Å². The average molecular weight is 493 g/mol. The molecule has 3 aromatic rings. The van der Waals surface area contributed by atoms with Crippen LogP contribution in [-0.4, -0.2) is 25.4 Å². The van der Waals surface area contributed by atoms with E-state index in [1.54, 1.807) is 4.57 Å². The zero-order valence-corrected chi connectivity index (χ0v) is 19.7. The summed E-state index contributed by atoms with van der Waals surface area (Å²) in [6, 6.07) is 12.0. The van der Waals surface area contributed by atoms with Crippen LogP contribution in [0.4, 0.5) is 18.9 Å². The molecular weight excluding hydrogens is 465 g/mol. The summed E-state index contributed by atoms with van der Waals surface area (Å²) in [4.78, 5) is 10.5. The number of thioether (sulfide) groups is 1. The maximum absolute atomic E-state index is 13.4. The topological polar surface area (TPSA) is 73.8 Å². The van der Waals surface area contributed by atoms with Crippen LogP contribution in [0, 0.1) is 10.1 Å². The van der Waals surface area contributed by atoms with Crippen LogP contribution in [0.25, 0.3) is 11.4 Å². The molecule has 0 saturated heterocycles. The van der Waals surface area contributed by atoms with Crippen molar-refractivity contribution >= 4 is 17.4 Å². The number of nitro benzene ring substituents is 1. The van der Waals surface area contributed by atoms with Crippen LogP contribution in [0.15, 0.2) is 53.7 Å². The minimum absolute atomic E-state index is 0.0105. The molecule has 182 valence electrons. The Morgan fingerprint density at radius 2 is 1.71 bits per heavy atom. The lowest BCUT2D eigenvalue weighted by molar-refractivity contribution is -0.385. The number of nitrogens with zero attached hydrogens (tertiary/aromatic N) is 4. The monoisotopic (exact) mass is 492 g/mol. The fraction of sp³-hybridized carbons (Fsp3) is 0.417. The van der Waals surface area contributed by atoms with Crippen LogP contribution in [-0.2, 0) is 12.7 Å². The molecule has 6 nitrogen and oxygen atoms in total. The Labute approximate surface area is 200 Å². The van der Waals surface area contributed by atoms with Gasteiger partial charge in [-0.3, -0.25) is 14.7 Å². The molecule has 10 heteroatoms. The van der Waals surface area contributed by atoms with Gasteiger partial charge in [0.2, 0.25) is 0 Å². The van der Waals surface area contributed by atoms with Gasteiger partial charge in [0.05, 0.1) is 17.0 Å². The molecule has 1 heterocycles. The van der Waals surface area contributed by atoms with Crippen LogP contribution in [0.3, 0.4) is 0 Å². The molecule has 0 N–H and O–H groups in total. The highest BCUT2D eigenvalue weighted by Crippen LogP contribution is 2.36. The third-order valence-electron chi connectivity index (χ3n) is 5.34. The second-order valence-electron chi connectivity index (χ2n) is 8.02. The van der Waals surface area contributed by atoms with Gasteiger partial charge in [0.15, 0.2) is 11.0 Å². The van der Waals surface area contributed by atoms with Gasteiger partial charge in [-0.15, -0.1) is 10.2 Å². The van der Waals surface area contributed by atoms with Gasteiger partial charge in [-0.1, -0.05) is 81.1 Å². The molecular formula is C24H27F3N4O2S. The quantitative estimate of drug-likeness (QED) is 0.114. The second-order valence-corrected chi connectivity index (χ2v) is 9.08. The molecule has 0 atom stereocenters. The molecule has 0 fully saturated rings. The van der Waals surface area contributed by atoms with E-state index in [1.807, 2.05) is 30.3 Å². The number of aromatic nitrogens is 3. The van der Waals surface area contributed by atoms with Gasteiger partial charge in [-0.2, -0.15) is 13.2 Å². The maximum Gasteiger partial charge on any atom is 0.416 e. The molecule has 0 unspecified atom stereocenters. The predicted molar refractivity (Wildman–Crippen MR) is 127 cm³/mol. The van der Waals surface area contributed by atoms with Crippen molar-refractivity contribution in [3.05, 3.63) is 69.8 Å². The lowest BCUT2D eigenvalue weighted by atomic mass is 10.1. The Bertz CT molecular complexity index is 1090. The summed E-state index contributed by atoms with van der Waals surface area (Å²) in [6.07, 6.45) is 2.18. The van der Waals surface area contributed by atoms with Crippen LogP contribution in [0.5, 0.6) is 0 Å². The zero-order valence-electron chi connectivity index (χ0n) is 18.9. The van der Waals surface area contributed by atoms with Gasteiger partial charge in [0.1, 0.15) is 0 Å². The number of unbranched alkanes of at least 4 members (excludes halogenated alkanes) is 5. The van der Waals surface area contributed by atoms with Crippen molar-refractivity contribution in [3.63, 3.8) is 0 Å². The van der Waals surface area contributed by atoms with Crippen molar-refractivity contribution in [1.82, 2.24) is 14.8 Å². The summed E-state index contributed by atoms with van der Waals surface area (Å²) < 4.78 is 42.0. The highest BCUT2D eigenvalue weighted by Gasteiger charge is 2.33. The summed E-state index contributed by atoms with van der Waals surface area (Å²) in [6.45, 7) is 2.51. The van der Waals surface area contributed by atoms with Gasteiger partial charge >= 0.3 is 6.18 Å². The number of nitro groups is 1. The van der Waals surface area contributed by atoms with Crippen LogP contribution < -0.4 is 0 Å². The Morgan fingerprint density at radius 3 is 2.38 bits per heavy atom. The van der Waals surface area contributed by atoms with Gasteiger partial charge in [-0.05, 0) is 18.1 Å². The molecule has 0 radical (unpaired) electrons.